The van der Waals surface area contributed by atoms with Gasteiger partial charge >= 0.3 is 5.69 Å². The van der Waals surface area contributed by atoms with Crippen LogP contribution in [-0.2, 0) is 7.05 Å². The fourth-order valence-corrected chi connectivity index (χ4v) is 2.65. The van der Waals surface area contributed by atoms with E-state index < -0.39 is 22.3 Å². The molecule has 0 saturated carbocycles. The van der Waals surface area contributed by atoms with E-state index in [1.807, 2.05) is 6.92 Å². The number of hydrogen-bond acceptors (Lipinski definition) is 7. The van der Waals surface area contributed by atoms with Gasteiger partial charge in [0.05, 0.1) is 30.2 Å². The zero-order valence-corrected chi connectivity index (χ0v) is 17.9. The zero-order chi connectivity index (χ0) is 23.8. The van der Waals surface area contributed by atoms with Crippen molar-refractivity contribution in [3.63, 3.8) is 0 Å². The summed E-state index contributed by atoms with van der Waals surface area (Å²) in [5.74, 6) is -1.63. The number of amides is 1. The van der Waals surface area contributed by atoms with Crippen LogP contribution in [-0.4, -0.2) is 40.8 Å². The van der Waals surface area contributed by atoms with Crippen LogP contribution in [0.15, 0.2) is 42.9 Å². The molecule has 11 heteroatoms. The first-order valence-electron chi connectivity index (χ1n) is 9.25. The highest BCUT2D eigenvalue weighted by Gasteiger charge is 2.21. The van der Waals surface area contributed by atoms with Gasteiger partial charge in [-0.2, -0.15) is 0 Å². The summed E-state index contributed by atoms with van der Waals surface area (Å²) in [6.07, 6.45) is 3.88. The number of aryl methyl sites for hydroxylation is 2. The largest absolute Gasteiger partial charge is 0.490 e. The minimum atomic E-state index is -0.827. The number of ether oxygens (including phenoxy) is 1. The molecule has 0 atom stereocenters. The molecule has 1 heterocycles. The summed E-state index contributed by atoms with van der Waals surface area (Å²) in [7, 11) is 4.69. The van der Waals surface area contributed by atoms with Crippen LogP contribution in [0.2, 0.25) is 0 Å². The van der Waals surface area contributed by atoms with E-state index in [1.165, 1.54) is 13.3 Å². The number of rotatable bonds is 6. The normalized spacial score (nSPS) is 9.91. The van der Waals surface area contributed by atoms with E-state index in [4.69, 9.17) is 4.74 Å². The highest BCUT2D eigenvalue weighted by Crippen LogP contribution is 2.32. The number of aromatic nitrogens is 2. The highest BCUT2D eigenvalue weighted by molar-refractivity contribution is 6.05. The second-order valence-corrected chi connectivity index (χ2v) is 6.54. The van der Waals surface area contributed by atoms with Crippen LogP contribution in [0.5, 0.6) is 5.75 Å². The van der Waals surface area contributed by atoms with Crippen molar-refractivity contribution in [1.82, 2.24) is 9.55 Å². The lowest BCUT2D eigenvalue weighted by atomic mass is 10.1. The molecule has 0 radical (unpaired) electrons. The Morgan fingerprint density at radius 3 is 2.50 bits per heavy atom. The lowest BCUT2D eigenvalue weighted by molar-refractivity contribution is -0.385. The first kappa shape index (κ1) is 24.0. The molecule has 2 aromatic carbocycles. The minimum Gasteiger partial charge on any atom is -0.490 e. The van der Waals surface area contributed by atoms with E-state index in [0.717, 1.165) is 29.7 Å². The third-order valence-electron chi connectivity index (χ3n) is 4.46. The SMILES string of the molecule is CNc1cc(C(=O)Nc2cc([N+](=O)[O-])c(OC)cc2F)ccc1C.Cn1cncc1C=O. The summed E-state index contributed by atoms with van der Waals surface area (Å²) < 4.78 is 20.5. The quantitative estimate of drug-likeness (QED) is 0.338. The molecule has 1 aromatic heterocycles. The standard InChI is InChI=1S/C16H16FN3O4.C5H6N2O/c1-9-4-5-10(6-12(9)18-2)16(21)19-13-8-14(20(22)23)15(24-3)7-11(13)17;1-7-4-6-2-5(7)3-8/h4-8,18H,1-3H3,(H,19,21);2-4H,1H3. The monoisotopic (exact) mass is 443 g/mol. The van der Waals surface area contributed by atoms with Crippen LogP contribution in [0.1, 0.15) is 26.4 Å². The number of halogens is 1. The van der Waals surface area contributed by atoms with Gasteiger partial charge in [-0.05, 0) is 24.6 Å². The lowest BCUT2D eigenvalue weighted by Gasteiger charge is -2.10. The topological polar surface area (TPSA) is 128 Å². The Balaban J connectivity index is 0.000000380. The van der Waals surface area contributed by atoms with E-state index in [1.54, 1.807) is 43.2 Å². The molecule has 0 fully saturated rings. The van der Waals surface area contributed by atoms with Gasteiger partial charge in [0.25, 0.3) is 5.91 Å². The van der Waals surface area contributed by atoms with Gasteiger partial charge in [-0.25, -0.2) is 9.37 Å². The first-order valence-corrected chi connectivity index (χ1v) is 9.25. The second kappa shape index (κ2) is 10.7. The number of methoxy groups -OCH3 is 1. The maximum Gasteiger partial charge on any atom is 0.313 e. The Hall–Kier alpha value is -4.28. The Labute approximate surface area is 183 Å². The number of nitrogens with zero attached hydrogens (tertiary/aromatic N) is 3. The first-order chi connectivity index (χ1) is 15.2. The lowest BCUT2D eigenvalue weighted by Crippen LogP contribution is -2.14. The zero-order valence-electron chi connectivity index (χ0n) is 17.9. The molecule has 10 nitrogen and oxygen atoms in total. The van der Waals surface area contributed by atoms with Gasteiger partial charge in [0.15, 0.2) is 17.9 Å². The molecule has 3 rings (SSSR count). The molecule has 0 aliphatic heterocycles. The molecule has 0 spiro atoms. The second-order valence-electron chi connectivity index (χ2n) is 6.54. The van der Waals surface area contributed by atoms with Crippen molar-refractivity contribution in [3.05, 3.63) is 75.6 Å². The minimum absolute atomic E-state index is 0.219. The summed E-state index contributed by atoms with van der Waals surface area (Å²) in [4.78, 5) is 36.3. The van der Waals surface area contributed by atoms with Crippen molar-refractivity contribution in [2.24, 2.45) is 7.05 Å². The third kappa shape index (κ3) is 5.65. The third-order valence-corrected chi connectivity index (χ3v) is 4.46. The number of carbonyl (C=O) groups excluding carboxylic acids is 2. The van der Waals surface area contributed by atoms with E-state index in [2.05, 4.69) is 15.6 Å². The maximum atomic E-state index is 14.0. The summed E-state index contributed by atoms with van der Waals surface area (Å²) >= 11 is 0. The predicted octanol–water partition coefficient (Wildman–Crippen LogP) is 3.58. The van der Waals surface area contributed by atoms with Gasteiger partial charge < -0.3 is 19.9 Å². The van der Waals surface area contributed by atoms with Crippen LogP contribution in [0.4, 0.5) is 21.5 Å². The Kier molecular flexibility index (Phi) is 7.99. The van der Waals surface area contributed by atoms with E-state index in [-0.39, 0.29) is 11.4 Å². The molecule has 0 unspecified atom stereocenters. The molecular formula is C21H22FN5O5. The summed E-state index contributed by atoms with van der Waals surface area (Å²) in [6, 6.07) is 6.73. The van der Waals surface area contributed by atoms with E-state index in [0.29, 0.717) is 11.3 Å². The van der Waals surface area contributed by atoms with Crippen molar-refractivity contribution < 1.29 is 23.6 Å². The number of carbonyl (C=O) groups is 2. The van der Waals surface area contributed by atoms with Crippen LogP contribution in [0, 0.1) is 22.9 Å². The van der Waals surface area contributed by atoms with Gasteiger partial charge in [-0.3, -0.25) is 19.7 Å². The number of nitro groups is 1. The van der Waals surface area contributed by atoms with Crippen molar-refractivity contribution in [2.45, 2.75) is 6.92 Å². The maximum absolute atomic E-state index is 14.0. The molecule has 0 aliphatic rings. The fourth-order valence-electron chi connectivity index (χ4n) is 2.65. The van der Waals surface area contributed by atoms with E-state index in [9.17, 15) is 24.1 Å². The average Bonchev–Trinajstić information content (AvgIpc) is 3.20. The molecule has 2 N–H and O–H groups in total. The van der Waals surface area contributed by atoms with Crippen LogP contribution < -0.4 is 15.4 Å². The summed E-state index contributed by atoms with van der Waals surface area (Å²) in [6.45, 7) is 1.88. The number of nitro benzene ring substituents is 1. The predicted molar refractivity (Wildman–Crippen MR) is 117 cm³/mol. The van der Waals surface area contributed by atoms with Gasteiger partial charge in [-0.15, -0.1) is 0 Å². The fraction of sp³-hybridized carbons (Fsp3) is 0.190. The van der Waals surface area contributed by atoms with Gasteiger partial charge in [0, 0.05) is 37.5 Å². The average molecular weight is 443 g/mol. The van der Waals surface area contributed by atoms with Gasteiger partial charge in [-0.1, -0.05) is 6.07 Å². The van der Waals surface area contributed by atoms with Crippen molar-refractivity contribution in [1.29, 1.82) is 0 Å². The molecule has 0 saturated heterocycles. The number of imidazole rings is 1. The number of nitrogens with one attached hydrogen (secondary N) is 2. The number of aldehydes is 1. The Morgan fingerprint density at radius 2 is 2.00 bits per heavy atom. The highest BCUT2D eigenvalue weighted by atomic mass is 19.1. The molecule has 32 heavy (non-hydrogen) atoms. The van der Waals surface area contributed by atoms with Crippen LogP contribution >= 0.6 is 0 Å². The number of anilines is 2. The molecular weight excluding hydrogens is 421 g/mol. The molecule has 3 aromatic rings. The van der Waals surface area contributed by atoms with Gasteiger partial charge in [0.2, 0.25) is 0 Å². The van der Waals surface area contributed by atoms with Crippen molar-refractivity contribution >= 4 is 29.3 Å². The smallest absolute Gasteiger partial charge is 0.313 e. The Morgan fingerprint density at radius 1 is 1.28 bits per heavy atom. The summed E-state index contributed by atoms with van der Waals surface area (Å²) in [5.41, 5.74) is 1.87. The molecule has 0 aliphatic carbocycles. The Bertz CT molecular complexity index is 1150. The van der Waals surface area contributed by atoms with E-state index >= 15 is 0 Å². The molecule has 1 amide bonds. The van der Waals surface area contributed by atoms with Crippen LogP contribution in [0.3, 0.4) is 0 Å². The van der Waals surface area contributed by atoms with Crippen molar-refractivity contribution in [2.75, 3.05) is 24.8 Å². The van der Waals surface area contributed by atoms with Crippen LogP contribution in [0.25, 0.3) is 0 Å². The number of hydrogen-bond donors (Lipinski definition) is 2. The number of benzene rings is 2. The van der Waals surface area contributed by atoms with Gasteiger partial charge in [0.1, 0.15) is 5.69 Å². The molecule has 0 bridgehead atoms. The summed E-state index contributed by atoms with van der Waals surface area (Å²) in [5, 5.41) is 16.3. The molecule has 168 valence electrons. The van der Waals surface area contributed by atoms with Crippen molar-refractivity contribution in [3.8, 4) is 5.75 Å².